The highest BCUT2D eigenvalue weighted by atomic mass is 32.2. The van der Waals surface area contributed by atoms with Gasteiger partial charge in [0.2, 0.25) is 11.8 Å². The van der Waals surface area contributed by atoms with Gasteiger partial charge < -0.3 is 10.1 Å². The fourth-order valence-corrected chi connectivity index (χ4v) is 5.03. The van der Waals surface area contributed by atoms with Gasteiger partial charge in [-0.1, -0.05) is 24.3 Å². The second-order valence-corrected chi connectivity index (χ2v) is 8.84. The molecule has 2 aromatic carbocycles. The van der Waals surface area contributed by atoms with Crippen LogP contribution in [0.4, 0.5) is 0 Å². The zero-order valence-corrected chi connectivity index (χ0v) is 17.5. The van der Waals surface area contributed by atoms with Crippen molar-refractivity contribution in [2.75, 3.05) is 7.11 Å². The molecule has 1 saturated heterocycles. The third kappa shape index (κ3) is 4.12. The number of carbonyl (C=O) groups excluding carboxylic acids is 2. The molecular weight excluding hydrogens is 392 g/mol. The number of nitrogens with one attached hydrogen (secondary N) is 1. The summed E-state index contributed by atoms with van der Waals surface area (Å²) >= 11 is 0. The Morgan fingerprint density at radius 3 is 2.59 bits per heavy atom. The summed E-state index contributed by atoms with van der Waals surface area (Å²) in [4.78, 5) is 25.2. The maximum Gasteiger partial charge on any atom is 0.267 e. The monoisotopic (exact) mass is 416 g/mol. The Balaban J connectivity index is 1.82. The molecule has 0 aromatic heterocycles. The Hall–Kier alpha value is -2.87. The largest absolute Gasteiger partial charge is 0.496 e. The van der Waals surface area contributed by atoms with Gasteiger partial charge in [-0.3, -0.25) is 9.59 Å². The molecule has 0 unspecified atom stereocenters. The standard InChI is InChI=1S/C21H24N2O5S/c1-14-8-9-17(12-15(14)2)29(26,27)23-18(10-11-20(23)24)21(25)22-13-16-6-4-5-7-19(16)28-3/h4-9,12,18H,10-11,13H2,1-3H3,(H,22,25)/t18-/m0/s1. The lowest BCUT2D eigenvalue weighted by Crippen LogP contribution is -2.47. The molecule has 0 bridgehead atoms. The number of carbonyl (C=O) groups is 2. The number of aryl methyl sites for hydroxylation is 2. The summed E-state index contributed by atoms with van der Waals surface area (Å²) < 4.78 is 32.2. The first-order chi connectivity index (χ1) is 13.8. The zero-order chi connectivity index (χ0) is 21.2. The van der Waals surface area contributed by atoms with Gasteiger partial charge in [-0.15, -0.1) is 0 Å². The molecule has 1 aliphatic rings. The molecule has 0 spiro atoms. The van der Waals surface area contributed by atoms with Crippen molar-refractivity contribution >= 4 is 21.8 Å². The number of ether oxygens (including phenoxy) is 1. The minimum atomic E-state index is -4.12. The Labute approximate surface area is 170 Å². The predicted octanol–water partition coefficient (Wildman–Crippen LogP) is 2.31. The average Bonchev–Trinajstić information content (AvgIpc) is 3.10. The summed E-state index contributed by atoms with van der Waals surface area (Å²) in [6.07, 6.45) is 0.164. The highest BCUT2D eigenvalue weighted by molar-refractivity contribution is 7.89. The van der Waals surface area contributed by atoms with E-state index in [1.54, 1.807) is 19.1 Å². The zero-order valence-electron chi connectivity index (χ0n) is 16.6. The summed E-state index contributed by atoms with van der Waals surface area (Å²) in [6, 6.07) is 10.8. The molecule has 0 radical (unpaired) electrons. The van der Waals surface area contributed by atoms with Crippen molar-refractivity contribution in [2.45, 2.75) is 44.2 Å². The molecule has 1 aliphatic heterocycles. The first kappa shape index (κ1) is 20.9. The lowest BCUT2D eigenvalue weighted by atomic mass is 10.1. The van der Waals surface area contributed by atoms with Crippen LogP contribution in [0, 0.1) is 13.8 Å². The first-order valence-corrected chi connectivity index (χ1v) is 10.7. The molecular formula is C21H24N2O5S. The van der Waals surface area contributed by atoms with Gasteiger partial charge in [-0.05, 0) is 49.6 Å². The topological polar surface area (TPSA) is 92.8 Å². The molecule has 154 valence electrons. The number of hydrogen-bond donors (Lipinski definition) is 1. The molecule has 8 heteroatoms. The molecule has 1 fully saturated rings. The van der Waals surface area contributed by atoms with Crippen LogP contribution in [0.15, 0.2) is 47.4 Å². The molecule has 3 rings (SSSR count). The van der Waals surface area contributed by atoms with Crippen LogP contribution in [0.5, 0.6) is 5.75 Å². The lowest BCUT2D eigenvalue weighted by molar-refractivity contribution is -0.130. The van der Waals surface area contributed by atoms with Crippen LogP contribution in [0.1, 0.15) is 29.5 Å². The third-order valence-electron chi connectivity index (χ3n) is 5.14. The molecule has 1 N–H and O–H groups in total. The van der Waals surface area contributed by atoms with Crippen molar-refractivity contribution in [3.8, 4) is 5.75 Å². The Bertz CT molecular complexity index is 1050. The Morgan fingerprint density at radius 2 is 1.90 bits per heavy atom. The molecule has 2 amide bonds. The van der Waals surface area contributed by atoms with Gasteiger partial charge >= 0.3 is 0 Å². The molecule has 1 atom stereocenters. The van der Waals surface area contributed by atoms with E-state index < -0.39 is 27.9 Å². The van der Waals surface area contributed by atoms with Crippen molar-refractivity contribution in [3.05, 3.63) is 59.2 Å². The minimum absolute atomic E-state index is 0.0107. The number of methoxy groups -OCH3 is 1. The highest BCUT2D eigenvalue weighted by Gasteiger charge is 2.44. The van der Waals surface area contributed by atoms with Gasteiger partial charge in [-0.2, -0.15) is 0 Å². The molecule has 1 heterocycles. The van der Waals surface area contributed by atoms with Crippen LogP contribution in [0.2, 0.25) is 0 Å². The van der Waals surface area contributed by atoms with Gasteiger partial charge in [-0.25, -0.2) is 12.7 Å². The second kappa shape index (κ2) is 8.24. The van der Waals surface area contributed by atoms with Crippen LogP contribution in [-0.4, -0.2) is 37.7 Å². The van der Waals surface area contributed by atoms with Crippen LogP contribution in [0.25, 0.3) is 0 Å². The number of sulfonamides is 1. The van der Waals surface area contributed by atoms with E-state index in [0.717, 1.165) is 21.0 Å². The summed E-state index contributed by atoms with van der Waals surface area (Å²) in [5.74, 6) is -0.454. The summed E-state index contributed by atoms with van der Waals surface area (Å²) in [5, 5.41) is 2.73. The number of amides is 2. The van der Waals surface area contributed by atoms with E-state index in [0.29, 0.717) is 5.75 Å². The molecule has 0 aliphatic carbocycles. The first-order valence-electron chi connectivity index (χ1n) is 9.30. The quantitative estimate of drug-likeness (QED) is 0.780. The third-order valence-corrected chi connectivity index (χ3v) is 6.97. The van der Waals surface area contributed by atoms with Crippen molar-refractivity contribution in [1.29, 1.82) is 0 Å². The van der Waals surface area contributed by atoms with E-state index in [2.05, 4.69) is 5.32 Å². The van der Waals surface area contributed by atoms with Crippen LogP contribution in [0.3, 0.4) is 0 Å². The average molecular weight is 416 g/mol. The van der Waals surface area contributed by atoms with Crippen molar-refractivity contribution in [3.63, 3.8) is 0 Å². The van der Waals surface area contributed by atoms with Crippen LogP contribution in [-0.2, 0) is 26.2 Å². The van der Waals surface area contributed by atoms with E-state index in [-0.39, 0.29) is 24.3 Å². The summed E-state index contributed by atoms with van der Waals surface area (Å²) in [6.45, 7) is 3.85. The van der Waals surface area contributed by atoms with Gasteiger partial charge in [0.15, 0.2) is 0 Å². The van der Waals surface area contributed by atoms with Crippen molar-refractivity contribution in [2.24, 2.45) is 0 Å². The van der Waals surface area contributed by atoms with Crippen molar-refractivity contribution < 1.29 is 22.7 Å². The Morgan fingerprint density at radius 1 is 1.17 bits per heavy atom. The van der Waals surface area contributed by atoms with Gasteiger partial charge in [0.05, 0.1) is 12.0 Å². The van der Waals surface area contributed by atoms with E-state index in [9.17, 15) is 18.0 Å². The predicted molar refractivity (Wildman–Crippen MR) is 108 cm³/mol. The fraction of sp³-hybridized carbons (Fsp3) is 0.333. The number of benzene rings is 2. The SMILES string of the molecule is COc1ccccc1CNC(=O)[C@@H]1CCC(=O)N1S(=O)(=O)c1ccc(C)c(C)c1. The molecule has 2 aromatic rings. The van der Waals surface area contributed by atoms with E-state index >= 15 is 0 Å². The summed E-state index contributed by atoms with van der Waals surface area (Å²) in [7, 11) is -2.58. The minimum Gasteiger partial charge on any atom is -0.496 e. The molecule has 0 saturated carbocycles. The number of rotatable bonds is 6. The number of para-hydroxylation sites is 1. The smallest absolute Gasteiger partial charge is 0.267 e. The van der Waals surface area contributed by atoms with E-state index in [1.165, 1.54) is 19.2 Å². The van der Waals surface area contributed by atoms with Gasteiger partial charge in [0.1, 0.15) is 11.8 Å². The fourth-order valence-electron chi connectivity index (χ4n) is 3.34. The van der Waals surface area contributed by atoms with Gasteiger partial charge in [0.25, 0.3) is 10.0 Å². The number of hydrogen-bond acceptors (Lipinski definition) is 5. The van der Waals surface area contributed by atoms with Crippen LogP contribution < -0.4 is 10.1 Å². The van der Waals surface area contributed by atoms with Gasteiger partial charge in [0, 0.05) is 18.5 Å². The highest BCUT2D eigenvalue weighted by Crippen LogP contribution is 2.28. The summed E-state index contributed by atoms with van der Waals surface area (Å²) in [5.41, 5.74) is 2.51. The normalized spacial score (nSPS) is 16.7. The number of nitrogens with zero attached hydrogens (tertiary/aromatic N) is 1. The maximum absolute atomic E-state index is 13.1. The molecule has 29 heavy (non-hydrogen) atoms. The maximum atomic E-state index is 13.1. The Kier molecular flexibility index (Phi) is 5.93. The second-order valence-electron chi connectivity index (χ2n) is 7.02. The lowest BCUT2D eigenvalue weighted by Gasteiger charge is -2.24. The van der Waals surface area contributed by atoms with Crippen molar-refractivity contribution in [1.82, 2.24) is 9.62 Å². The molecule has 7 nitrogen and oxygen atoms in total. The van der Waals surface area contributed by atoms with Crippen LogP contribution >= 0.6 is 0 Å². The van der Waals surface area contributed by atoms with E-state index in [1.807, 2.05) is 25.1 Å². The van der Waals surface area contributed by atoms with E-state index in [4.69, 9.17) is 4.74 Å².